The summed E-state index contributed by atoms with van der Waals surface area (Å²) in [6.07, 6.45) is 5.57. The van der Waals surface area contributed by atoms with Crippen LogP contribution in [-0.2, 0) is 14.8 Å². The normalized spacial score (nSPS) is 21.3. The summed E-state index contributed by atoms with van der Waals surface area (Å²) in [7, 11) is -3.66. The van der Waals surface area contributed by atoms with E-state index in [1.807, 2.05) is 0 Å². The zero-order valence-electron chi connectivity index (χ0n) is 15.2. The lowest BCUT2D eigenvalue weighted by Gasteiger charge is -2.34. The Bertz CT molecular complexity index is 836. The summed E-state index contributed by atoms with van der Waals surface area (Å²) in [6.45, 7) is 7.98. The van der Waals surface area contributed by atoms with Crippen LogP contribution in [0.1, 0.15) is 44.9 Å². The van der Waals surface area contributed by atoms with Gasteiger partial charge in [0.1, 0.15) is 0 Å². The zero-order valence-corrected chi connectivity index (χ0v) is 16.7. The lowest BCUT2D eigenvalue weighted by molar-refractivity contribution is -0.127. The van der Waals surface area contributed by atoms with E-state index in [1.54, 1.807) is 12.1 Å². The second-order valence-electron chi connectivity index (χ2n) is 7.33. The first-order chi connectivity index (χ1) is 12.9. The molecule has 0 spiro atoms. The van der Waals surface area contributed by atoms with Crippen LogP contribution in [0.2, 0.25) is 5.02 Å². The third-order valence-electron chi connectivity index (χ3n) is 5.53. The molecule has 6 nitrogen and oxygen atoms in total. The quantitative estimate of drug-likeness (QED) is 0.774. The molecule has 0 unspecified atom stereocenters. The minimum Gasteiger partial charge on any atom is -0.287 e. The van der Waals surface area contributed by atoms with E-state index in [0.717, 1.165) is 32.1 Å². The van der Waals surface area contributed by atoms with Crippen molar-refractivity contribution in [3.63, 3.8) is 0 Å². The topological polar surface area (TPSA) is 70.8 Å². The van der Waals surface area contributed by atoms with Crippen molar-refractivity contribution >= 4 is 27.5 Å². The van der Waals surface area contributed by atoms with E-state index in [4.69, 9.17) is 18.2 Å². The van der Waals surface area contributed by atoms with Crippen molar-refractivity contribution in [3.8, 4) is 0 Å². The van der Waals surface area contributed by atoms with Crippen molar-refractivity contribution in [1.29, 1.82) is 0 Å². The van der Waals surface area contributed by atoms with E-state index in [1.165, 1.54) is 16.4 Å². The molecule has 1 heterocycles. The minimum absolute atomic E-state index is 0.0226. The Morgan fingerprint density at radius 1 is 1.22 bits per heavy atom. The molecule has 2 fully saturated rings. The Hall–Kier alpha value is -1.62. The van der Waals surface area contributed by atoms with Crippen molar-refractivity contribution < 1.29 is 13.2 Å². The van der Waals surface area contributed by atoms with E-state index < -0.39 is 15.7 Å². The van der Waals surface area contributed by atoms with Crippen LogP contribution in [0.25, 0.3) is 4.85 Å². The molecule has 146 valence electrons. The van der Waals surface area contributed by atoms with E-state index in [0.29, 0.717) is 5.02 Å². The molecule has 2 aliphatic rings. The maximum absolute atomic E-state index is 12.8. The minimum atomic E-state index is -3.66. The van der Waals surface area contributed by atoms with E-state index in [9.17, 15) is 13.2 Å². The molecule has 0 bridgehead atoms. The van der Waals surface area contributed by atoms with Crippen LogP contribution in [0.4, 0.5) is 0 Å². The summed E-state index contributed by atoms with van der Waals surface area (Å²) in [5.41, 5.74) is -1.01. The van der Waals surface area contributed by atoms with Gasteiger partial charge in [-0.1, -0.05) is 36.9 Å². The highest BCUT2D eigenvalue weighted by molar-refractivity contribution is 7.89. The van der Waals surface area contributed by atoms with Crippen LogP contribution in [0.3, 0.4) is 0 Å². The van der Waals surface area contributed by atoms with Crippen molar-refractivity contribution in [3.05, 3.63) is 40.7 Å². The van der Waals surface area contributed by atoms with Gasteiger partial charge < -0.3 is 0 Å². The van der Waals surface area contributed by atoms with Crippen molar-refractivity contribution in [1.82, 2.24) is 9.62 Å². The predicted molar refractivity (Wildman–Crippen MR) is 103 cm³/mol. The SMILES string of the molecule is [C-]#[N+]C1(NC(=O)C2CCCCC2)CCN(S(=O)(=O)c2cccc(Cl)c2)CC1. The maximum atomic E-state index is 12.8. The molecule has 1 aromatic rings. The second-order valence-corrected chi connectivity index (χ2v) is 9.70. The number of carbonyl (C=O) groups is 1. The molecule has 0 aromatic heterocycles. The van der Waals surface area contributed by atoms with Gasteiger partial charge in [0, 0.05) is 24.0 Å². The summed E-state index contributed by atoms with van der Waals surface area (Å²) in [6, 6.07) is 6.18. The molecule has 1 saturated heterocycles. The van der Waals surface area contributed by atoms with Crippen molar-refractivity contribution in [2.24, 2.45) is 5.92 Å². The molecule has 27 heavy (non-hydrogen) atoms. The number of sulfonamides is 1. The number of nitrogens with one attached hydrogen (secondary N) is 1. The van der Waals surface area contributed by atoms with Crippen molar-refractivity contribution in [2.75, 3.05) is 13.1 Å². The van der Waals surface area contributed by atoms with Gasteiger partial charge in [-0.3, -0.25) is 15.0 Å². The van der Waals surface area contributed by atoms with Gasteiger partial charge in [-0.25, -0.2) is 15.0 Å². The average Bonchev–Trinajstić information content (AvgIpc) is 2.69. The first-order valence-corrected chi connectivity index (χ1v) is 11.1. The zero-order chi connectivity index (χ0) is 19.5. The van der Waals surface area contributed by atoms with Crippen LogP contribution in [0, 0.1) is 12.5 Å². The number of benzene rings is 1. The van der Waals surface area contributed by atoms with Crippen LogP contribution in [-0.4, -0.2) is 37.4 Å². The fourth-order valence-electron chi connectivity index (χ4n) is 3.83. The van der Waals surface area contributed by atoms with Crippen molar-refractivity contribution in [2.45, 2.75) is 55.5 Å². The fourth-order valence-corrected chi connectivity index (χ4v) is 5.58. The lowest BCUT2D eigenvalue weighted by Crippen LogP contribution is -2.55. The van der Waals surface area contributed by atoms with Crippen LogP contribution < -0.4 is 5.32 Å². The lowest BCUT2D eigenvalue weighted by atomic mass is 9.87. The van der Waals surface area contributed by atoms with Crippen LogP contribution >= 0.6 is 11.6 Å². The Balaban J connectivity index is 1.67. The van der Waals surface area contributed by atoms with E-state index in [2.05, 4.69) is 10.2 Å². The molecular formula is C19H24ClN3O3S. The molecule has 1 aliphatic heterocycles. The highest BCUT2D eigenvalue weighted by Crippen LogP contribution is 2.30. The molecule has 3 rings (SSSR count). The van der Waals surface area contributed by atoms with Crippen LogP contribution in [0.15, 0.2) is 29.2 Å². The Labute approximate surface area is 165 Å². The molecule has 1 N–H and O–H groups in total. The summed E-state index contributed by atoms with van der Waals surface area (Å²) >= 11 is 5.92. The Morgan fingerprint density at radius 2 is 1.89 bits per heavy atom. The number of halogens is 1. The molecule has 1 aliphatic carbocycles. The summed E-state index contributed by atoms with van der Waals surface area (Å²) < 4.78 is 27.0. The highest BCUT2D eigenvalue weighted by atomic mass is 35.5. The molecule has 0 radical (unpaired) electrons. The second kappa shape index (κ2) is 8.17. The van der Waals surface area contributed by atoms with Gasteiger partial charge in [0.25, 0.3) is 0 Å². The van der Waals surface area contributed by atoms with Gasteiger partial charge in [-0.15, -0.1) is 0 Å². The first kappa shape index (κ1) is 20.1. The van der Waals surface area contributed by atoms with Gasteiger partial charge in [0.15, 0.2) is 0 Å². The standard InChI is InChI=1S/C19H24ClN3O3S/c1-21-19(22-18(24)15-6-3-2-4-7-15)10-12-23(13-11-19)27(25,26)17-9-5-8-16(20)14-17/h5,8-9,14-15H,2-4,6-7,10-13H2,(H,22,24). The Morgan fingerprint density at radius 3 is 2.48 bits per heavy atom. The van der Waals surface area contributed by atoms with Gasteiger partial charge in [0.2, 0.25) is 15.9 Å². The first-order valence-electron chi connectivity index (χ1n) is 9.33. The monoisotopic (exact) mass is 409 g/mol. The fraction of sp³-hybridized carbons (Fsp3) is 0.579. The number of piperidine rings is 1. The molecule has 1 amide bonds. The van der Waals surface area contributed by atoms with Gasteiger partial charge >= 0.3 is 5.66 Å². The largest absolute Gasteiger partial charge is 0.309 e. The molecule has 8 heteroatoms. The number of carbonyl (C=O) groups excluding carboxylic acids is 1. The molecule has 1 aromatic carbocycles. The van der Waals surface area contributed by atoms with E-state index >= 15 is 0 Å². The molecule has 1 saturated carbocycles. The molecular weight excluding hydrogens is 386 g/mol. The van der Waals surface area contributed by atoms with Gasteiger partial charge in [-0.2, -0.15) is 4.31 Å². The number of rotatable bonds is 4. The average molecular weight is 410 g/mol. The van der Waals surface area contributed by atoms with Gasteiger partial charge in [-0.05, 0) is 31.0 Å². The summed E-state index contributed by atoms with van der Waals surface area (Å²) in [5.74, 6) is -0.0811. The smallest absolute Gasteiger partial charge is 0.287 e. The number of hydrogen-bond acceptors (Lipinski definition) is 3. The van der Waals surface area contributed by atoms with Gasteiger partial charge in [0.05, 0.1) is 17.7 Å². The summed E-state index contributed by atoms with van der Waals surface area (Å²) in [5, 5.41) is 3.30. The number of amides is 1. The highest BCUT2D eigenvalue weighted by Gasteiger charge is 2.45. The van der Waals surface area contributed by atoms with E-state index in [-0.39, 0.29) is 42.7 Å². The summed E-state index contributed by atoms with van der Waals surface area (Å²) in [4.78, 5) is 16.4. The maximum Gasteiger partial charge on any atom is 0.309 e. The third kappa shape index (κ3) is 4.45. The third-order valence-corrected chi connectivity index (χ3v) is 7.66. The Kier molecular flexibility index (Phi) is 6.09. The number of hydrogen-bond donors (Lipinski definition) is 1. The molecule has 0 atom stereocenters. The number of nitrogens with zero attached hydrogens (tertiary/aromatic N) is 2. The predicted octanol–water partition coefficient (Wildman–Crippen LogP) is 3.44. The van der Waals surface area contributed by atoms with Crippen LogP contribution in [0.5, 0.6) is 0 Å².